The predicted octanol–water partition coefficient (Wildman–Crippen LogP) is 0.873. The average Bonchev–Trinajstić information content (AvgIpc) is 1.97. The lowest BCUT2D eigenvalue weighted by molar-refractivity contribution is -0.137. The SMILES string of the molecule is C=CC(CCC(=O)O)CNC. The van der Waals surface area contributed by atoms with E-state index in [0.717, 1.165) is 6.54 Å². The van der Waals surface area contributed by atoms with Gasteiger partial charge in [-0.3, -0.25) is 4.79 Å². The zero-order valence-corrected chi connectivity index (χ0v) is 6.84. The van der Waals surface area contributed by atoms with Crippen molar-refractivity contribution in [2.24, 2.45) is 5.92 Å². The molecule has 0 aliphatic carbocycles. The second-order valence-corrected chi connectivity index (χ2v) is 2.49. The predicted molar refractivity (Wildman–Crippen MR) is 44.5 cm³/mol. The van der Waals surface area contributed by atoms with Crippen molar-refractivity contribution < 1.29 is 9.90 Å². The van der Waals surface area contributed by atoms with Crippen LogP contribution in [-0.4, -0.2) is 24.7 Å². The minimum Gasteiger partial charge on any atom is -0.481 e. The van der Waals surface area contributed by atoms with Crippen LogP contribution in [0.2, 0.25) is 0 Å². The summed E-state index contributed by atoms with van der Waals surface area (Å²) in [7, 11) is 1.84. The van der Waals surface area contributed by atoms with Gasteiger partial charge in [-0.1, -0.05) is 6.08 Å². The highest BCUT2D eigenvalue weighted by Gasteiger charge is 2.04. The summed E-state index contributed by atoms with van der Waals surface area (Å²) in [5.41, 5.74) is 0. The molecule has 0 saturated heterocycles. The number of rotatable bonds is 6. The summed E-state index contributed by atoms with van der Waals surface area (Å²) in [4.78, 5) is 10.2. The van der Waals surface area contributed by atoms with Crippen LogP contribution in [0.4, 0.5) is 0 Å². The molecule has 11 heavy (non-hydrogen) atoms. The minimum absolute atomic E-state index is 0.221. The lowest BCUT2D eigenvalue weighted by Gasteiger charge is -2.08. The van der Waals surface area contributed by atoms with Crippen LogP contribution >= 0.6 is 0 Å². The summed E-state index contributed by atoms with van der Waals surface area (Å²) >= 11 is 0. The molecule has 0 saturated carbocycles. The van der Waals surface area contributed by atoms with Gasteiger partial charge in [0, 0.05) is 13.0 Å². The van der Waals surface area contributed by atoms with Crippen molar-refractivity contribution in [3.8, 4) is 0 Å². The van der Waals surface area contributed by atoms with E-state index in [9.17, 15) is 4.79 Å². The number of hydrogen-bond acceptors (Lipinski definition) is 2. The lowest BCUT2D eigenvalue weighted by Crippen LogP contribution is -2.17. The van der Waals surface area contributed by atoms with Gasteiger partial charge in [0.2, 0.25) is 0 Å². The van der Waals surface area contributed by atoms with E-state index in [-0.39, 0.29) is 12.3 Å². The fourth-order valence-electron chi connectivity index (χ4n) is 0.874. The van der Waals surface area contributed by atoms with E-state index in [1.165, 1.54) is 0 Å². The van der Waals surface area contributed by atoms with Gasteiger partial charge >= 0.3 is 5.97 Å². The zero-order valence-electron chi connectivity index (χ0n) is 6.84. The van der Waals surface area contributed by atoms with Gasteiger partial charge < -0.3 is 10.4 Å². The third-order valence-electron chi connectivity index (χ3n) is 1.53. The van der Waals surface area contributed by atoms with E-state index in [0.29, 0.717) is 6.42 Å². The fraction of sp³-hybridized carbons (Fsp3) is 0.625. The highest BCUT2D eigenvalue weighted by atomic mass is 16.4. The Hall–Kier alpha value is -0.830. The molecule has 0 fully saturated rings. The first-order chi connectivity index (χ1) is 5.20. The second-order valence-electron chi connectivity index (χ2n) is 2.49. The first-order valence-corrected chi connectivity index (χ1v) is 3.69. The molecule has 0 radical (unpaired) electrons. The monoisotopic (exact) mass is 157 g/mol. The third kappa shape index (κ3) is 5.61. The highest BCUT2D eigenvalue weighted by molar-refractivity contribution is 5.66. The average molecular weight is 157 g/mol. The molecule has 0 aromatic heterocycles. The van der Waals surface area contributed by atoms with Crippen LogP contribution in [0, 0.1) is 5.92 Å². The number of nitrogens with one attached hydrogen (secondary N) is 1. The van der Waals surface area contributed by atoms with Crippen molar-refractivity contribution in [1.29, 1.82) is 0 Å². The van der Waals surface area contributed by atoms with Gasteiger partial charge in [-0.2, -0.15) is 0 Å². The summed E-state index contributed by atoms with van der Waals surface area (Å²) in [6.45, 7) is 4.43. The van der Waals surface area contributed by atoms with Crippen LogP contribution in [0.1, 0.15) is 12.8 Å². The molecular weight excluding hydrogens is 142 g/mol. The van der Waals surface area contributed by atoms with Crippen LogP contribution in [0.5, 0.6) is 0 Å². The van der Waals surface area contributed by atoms with Crippen molar-refractivity contribution in [3.63, 3.8) is 0 Å². The molecule has 0 heterocycles. The molecule has 3 nitrogen and oxygen atoms in total. The molecule has 0 rings (SSSR count). The molecule has 0 aliphatic rings. The Balaban J connectivity index is 3.51. The first kappa shape index (κ1) is 10.2. The van der Waals surface area contributed by atoms with Gasteiger partial charge in [-0.15, -0.1) is 6.58 Å². The second kappa shape index (κ2) is 5.92. The maximum atomic E-state index is 10.2. The van der Waals surface area contributed by atoms with Gasteiger partial charge in [0.15, 0.2) is 0 Å². The largest absolute Gasteiger partial charge is 0.481 e. The number of hydrogen-bond donors (Lipinski definition) is 2. The van der Waals surface area contributed by atoms with Gasteiger partial charge in [-0.05, 0) is 19.4 Å². The van der Waals surface area contributed by atoms with Gasteiger partial charge in [0.1, 0.15) is 0 Å². The number of aliphatic carboxylic acids is 1. The van der Waals surface area contributed by atoms with Crippen molar-refractivity contribution in [3.05, 3.63) is 12.7 Å². The summed E-state index contributed by atoms with van der Waals surface area (Å²) < 4.78 is 0. The summed E-state index contributed by atoms with van der Waals surface area (Å²) in [6.07, 6.45) is 2.68. The van der Waals surface area contributed by atoms with Gasteiger partial charge in [0.05, 0.1) is 0 Å². The third-order valence-corrected chi connectivity index (χ3v) is 1.53. The Morgan fingerprint density at radius 3 is 2.82 bits per heavy atom. The van der Waals surface area contributed by atoms with Crippen molar-refractivity contribution in [1.82, 2.24) is 5.32 Å². The standard InChI is InChI=1S/C8H15NO2/c1-3-7(6-9-2)4-5-8(10)11/h3,7,9H,1,4-6H2,2H3,(H,10,11). The maximum Gasteiger partial charge on any atom is 0.303 e. The van der Waals surface area contributed by atoms with E-state index < -0.39 is 5.97 Å². The van der Waals surface area contributed by atoms with Gasteiger partial charge in [-0.25, -0.2) is 0 Å². The number of carbonyl (C=O) groups is 1. The normalized spacial score (nSPS) is 12.5. The number of carboxylic acid groups (broad SMARTS) is 1. The first-order valence-electron chi connectivity index (χ1n) is 3.69. The fourth-order valence-corrected chi connectivity index (χ4v) is 0.874. The molecule has 2 N–H and O–H groups in total. The lowest BCUT2D eigenvalue weighted by atomic mass is 10.0. The topological polar surface area (TPSA) is 49.3 Å². The van der Waals surface area contributed by atoms with Crippen LogP contribution in [-0.2, 0) is 4.79 Å². The molecule has 3 heteroatoms. The Kier molecular flexibility index (Phi) is 5.47. The van der Waals surface area contributed by atoms with Crippen LogP contribution in [0.15, 0.2) is 12.7 Å². The van der Waals surface area contributed by atoms with E-state index in [2.05, 4.69) is 11.9 Å². The summed E-state index contributed by atoms with van der Waals surface area (Å²) in [5.74, 6) is -0.468. The van der Waals surface area contributed by atoms with Crippen LogP contribution in [0.25, 0.3) is 0 Å². The number of carboxylic acids is 1. The van der Waals surface area contributed by atoms with E-state index in [1.54, 1.807) is 6.08 Å². The van der Waals surface area contributed by atoms with Crippen LogP contribution in [0.3, 0.4) is 0 Å². The van der Waals surface area contributed by atoms with Crippen LogP contribution < -0.4 is 5.32 Å². The molecular formula is C8H15NO2. The molecule has 64 valence electrons. The molecule has 1 atom stereocenters. The van der Waals surface area contributed by atoms with Crippen molar-refractivity contribution in [2.75, 3.05) is 13.6 Å². The van der Waals surface area contributed by atoms with E-state index in [4.69, 9.17) is 5.11 Å². The Morgan fingerprint density at radius 1 is 1.82 bits per heavy atom. The molecule has 0 aliphatic heterocycles. The molecule has 1 unspecified atom stereocenters. The quantitative estimate of drug-likeness (QED) is 0.562. The minimum atomic E-state index is -0.743. The molecule has 0 amide bonds. The smallest absolute Gasteiger partial charge is 0.303 e. The summed E-state index contributed by atoms with van der Waals surface area (Å²) in [5, 5.41) is 11.3. The molecule has 0 spiro atoms. The molecule has 0 bridgehead atoms. The maximum absolute atomic E-state index is 10.2. The highest BCUT2D eigenvalue weighted by Crippen LogP contribution is 2.05. The summed E-state index contributed by atoms with van der Waals surface area (Å²) in [6, 6.07) is 0. The molecule has 0 aromatic rings. The van der Waals surface area contributed by atoms with E-state index >= 15 is 0 Å². The Bertz CT molecular complexity index is 134. The Morgan fingerprint density at radius 2 is 2.45 bits per heavy atom. The molecule has 0 aromatic carbocycles. The van der Waals surface area contributed by atoms with Crippen molar-refractivity contribution >= 4 is 5.97 Å². The van der Waals surface area contributed by atoms with E-state index in [1.807, 2.05) is 7.05 Å². The Labute approximate surface area is 67.1 Å². The van der Waals surface area contributed by atoms with Gasteiger partial charge in [0.25, 0.3) is 0 Å². The van der Waals surface area contributed by atoms with Crippen molar-refractivity contribution in [2.45, 2.75) is 12.8 Å². The zero-order chi connectivity index (χ0) is 8.69.